The van der Waals surface area contributed by atoms with Crippen molar-refractivity contribution < 1.29 is 4.79 Å². The normalized spacial score (nSPS) is 24.7. The summed E-state index contributed by atoms with van der Waals surface area (Å²) in [7, 11) is 0. The van der Waals surface area contributed by atoms with Crippen molar-refractivity contribution in [2.45, 2.75) is 57.0 Å². The van der Waals surface area contributed by atoms with E-state index in [-0.39, 0.29) is 11.9 Å². The Balaban J connectivity index is 1.64. The third-order valence-corrected chi connectivity index (χ3v) is 4.68. The van der Waals surface area contributed by atoms with Crippen molar-refractivity contribution in [2.24, 2.45) is 0 Å². The molecule has 3 heteroatoms. The minimum absolute atomic E-state index is 0.0818. The van der Waals surface area contributed by atoms with Crippen LogP contribution in [0, 0.1) is 0 Å². The van der Waals surface area contributed by atoms with Crippen LogP contribution < -0.4 is 5.32 Å². The van der Waals surface area contributed by atoms with Gasteiger partial charge in [0.2, 0.25) is 5.91 Å². The van der Waals surface area contributed by atoms with Gasteiger partial charge in [-0.1, -0.05) is 37.5 Å². The van der Waals surface area contributed by atoms with Gasteiger partial charge in [-0.05, 0) is 44.4 Å². The van der Waals surface area contributed by atoms with Gasteiger partial charge in [-0.25, -0.2) is 0 Å². The smallest absolute Gasteiger partial charge is 0.241 e. The van der Waals surface area contributed by atoms with Gasteiger partial charge in [-0.15, -0.1) is 0 Å². The highest BCUT2D eigenvalue weighted by molar-refractivity contribution is 5.95. The molecule has 0 radical (unpaired) electrons. The van der Waals surface area contributed by atoms with Crippen LogP contribution in [0.2, 0.25) is 0 Å². The van der Waals surface area contributed by atoms with Crippen LogP contribution in [0.25, 0.3) is 0 Å². The maximum atomic E-state index is 12.5. The molecule has 1 saturated heterocycles. The summed E-state index contributed by atoms with van der Waals surface area (Å²) in [5, 5.41) is 3.07. The Hall–Kier alpha value is -1.35. The summed E-state index contributed by atoms with van der Waals surface area (Å²) in [6.45, 7) is 1.09. The Kier molecular flexibility index (Phi) is 4.36. The lowest BCUT2D eigenvalue weighted by Gasteiger charge is -2.34. The Morgan fingerprint density at radius 3 is 2.50 bits per heavy atom. The Labute approximate surface area is 121 Å². The molecule has 108 valence electrons. The summed E-state index contributed by atoms with van der Waals surface area (Å²) in [5.41, 5.74) is 0.910. The van der Waals surface area contributed by atoms with E-state index >= 15 is 0 Å². The summed E-state index contributed by atoms with van der Waals surface area (Å²) in [6.07, 6.45) is 8.73. The topological polar surface area (TPSA) is 32.3 Å². The average Bonchev–Trinajstić information content (AvgIpc) is 2.99. The number of carbonyl (C=O) groups is 1. The van der Waals surface area contributed by atoms with E-state index in [9.17, 15) is 4.79 Å². The van der Waals surface area contributed by atoms with E-state index in [0.29, 0.717) is 6.04 Å². The molecule has 1 N–H and O–H groups in total. The van der Waals surface area contributed by atoms with Crippen LogP contribution >= 0.6 is 0 Å². The number of nitrogens with one attached hydrogen (secondary N) is 1. The van der Waals surface area contributed by atoms with Crippen LogP contribution in [0.5, 0.6) is 0 Å². The summed E-state index contributed by atoms with van der Waals surface area (Å²) < 4.78 is 0. The predicted molar refractivity (Wildman–Crippen MR) is 81.7 cm³/mol. The fourth-order valence-corrected chi connectivity index (χ4v) is 3.67. The number of nitrogens with zero attached hydrogens (tertiary/aromatic N) is 1. The second-order valence-corrected chi connectivity index (χ2v) is 6.04. The molecule has 1 unspecified atom stereocenters. The minimum Gasteiger partial charge on any atom is -0.325 e. The molecule has 1 aliphatic carbocycles. The summed E-state index contributed by atoms with van der Waals surface area (Å²) in [6, 6.07) is 10.5. The monoisotopic (exact) mass is 272 g/mol. The lowest BCUT2D eigenvalue weighted by Crippen LogP contribution is -2.46. The highest BCUT2D eigenvalue weighted by Gasteiger charge is 2.35. The molecular weight excluding hydrogens is 248 g/mol. The number of rotatable bonds is 3. The number of carbonyl (C=O) groups excluding carboxylic acids is 1. The van der Waals surface area contributed by atoms with Crippen LogP contribution in [0.15, 0.2) is 30.3 Å². The third kappa shape index (κ3) is 3.04. The van der Waals surface area contributed by atoms with Gasteiger partial charge >= 0.3 is 0 Å². The van der Waals surface area contributed by atoms with Crippen LogP contribution in [0.1, 0.15) is 44.9 Å². The van der Waals surface area contributed by atoms with Crippen molar-refractivity contribution in [3.63, 3.8) is 0 Å². The first kappa shape index (κ1) is 13.6. The molecule has 1 aliphatic heterocycles. The molecule has 1 heterocycles. The summed E-state index contributed by atoms with van der Waals surface area (Å²) in [4.78, 5) is 15.0. The number of para-hydroxylation sites is 1. The average molecular weight is 272 g/mol. The van der Waals surface area contributed by atoms with E-state index in [0.717, 1.165) is 25.1 Å². The van der Waals surface area contributed by atoms with E-state index in [1.54, 1.807) is 0 Å². The standard InChI is InChI=1S/C17H24N2O/c20-17(18-14-8-3-1-4-9-14)16-12-7-13-19(16)15-10-5-2-6-11-15/h1,3-4,8-9,15-16H,2,5-7,10-13H2,(H,18,20). The fourth-order valence-electron chi connectivity index (χ4n) is 3.67. The lowest BCUT2D eigenvalue weighted by molar-refractivity contribution is -0.121. The fraction of sp³-hybridized carbons (Fsp3) is 0.588. The maximum Gasteiger partial charge on any atom is 0.241 e. The molecule has 0 spiro atoms. The molecule has 1 atom stereocenters. The molecule has 0 aromatic heterocycles. The highest BCUT2D eigenvalue weighted by Crippen LogP contribution is 2.29. The van der Waals surface area contributed by atoms with Gasteiger partial charge in [-0.2, -0.15) is 0 Å². The molecule has 3 nitrogen and oxygen atoms in total. The quantitative estimate of drug-likeness (QED) is 0.914. The van der Waals surface area contributed by atoms with Crippen molar-refractivity contribution in [1.29, 1.82) is 0 Å². The summed E-state index contributed by atoms with van der Waals surface area (Å²) >= 11 is 0. The van der Waals surface area contributed by atoms with Gasteiger partial charge in [0.15, 0.2) is 0 Å². The highest BCUT2D eigenvalue weighted by atomic mass is 16.2. The van der Waals surface area contributed by atoms with Crippen molar-refractivity contribution in [1.82, 2.24) is 4.90 Å². The molecule has 1 saturated carbocycles. The Morgan fingerprint density at radius 2 is 1.75 bits per heavy atom. The zero-order chi connectivity index (χ0) is 13.8. The van der Waals surface area contributed by atoms with E-state index in [4.69, 9.17) is 0 Å². The molecule has 2 fully saturated rings. The van der Waals surface area contributed by atoms with Crippen molar-refractivity contribution in [2.75, 3.05) is 11.9 Å². The number of anilines is 1. The first-order valence-electron chi connectivity index (χ1n) is 7.96. The molecule has 0 bridgehead atoms. The molecule has 20 heavy (non-hydrogen) atoms. The van der Waals surface area contributed by atoms with E-state index < -0.39 is 0 Å². The molecule has 1 amide bonds. The first-order chi connectivity index (χ1) is 9.84. The number of benzene rings is 1. The van der Waals surface area contributed by atoms with Gasteiger partial charge in [0, 0.05) is 11.7 Å². The second kappa shape index (κ2) is 6.40. The van der Waals surface area contributed by atoms with Crippen LogP contribution in [-0.2, 0) is 4.79 Å². The molecule has 3 rings (SSSR count). The number of hydrogen-bond acceptors (Lipinski definition) is 2. The molecule has 2 aliphatic rings. The van der Waals surface area contributed by atoms with E-state index in [1.165, 1.54) is 32.1 Å². The zero-order valence-corrected chi connectivity index (χ0v) is 12.1. The Morgan fingerprint density at radius 1 is 1.00 bits per heavy atom. The number of amides is 1. The van der Waals surface area contributed by atoms with Crippen molar-refractivity contribution in [3.8, 4) is 0 Å². The predicted octanol–water partition coefficient (Wildman–Crippen LogP) is 3.42. The Bertz CT molecular complexity index is 440. The number of hydrogen-bond donors (Lipinski definition) is 1. The second-order valence-electron chi connectivity index (χ2n) is 6.04. The molecule has 1 aromatic rings. The van der Waals surface area contributed by atoms with E-state index in [2.05, 4.69) is 10.2 Å². The maximum absolute atomic E-state index is 12.5. The molecule has 1 aromatic carbocycles. The third-order valence-electron chi connectivity index (χ3n) is 4.68. The van der Waals surface area contributed by atoms with Gasteiger partial charge < -0.3 is 5.32 Å². The minimum atomic E-state index is 0.0818. The van der Waals surface area contributed by atoms with Crippen LogP contribution in [-0.4, -0.2) is 29.4 Å². The van der Waals surface area contributed by atoms with Crippen molar-refractivity contribution in [3.05, 3.63) is 30.3 Å². The van der Waals surface area contributed by atoms with Gasteiger partial charge in [-0.3, -0.25) is 9.69 Å². The van der Waals surface area contributed by atoms with Crippen LogP contribution in [0.3, 0.4) is 0 Å². The first-order valence-corrected chi connectivity index (χ1v) is 7.96. The van der Waals surface area contributed by atoms with Gasteiger partial charge in [0.05, 0.1) is 6.04 Å². The molecular formula is C17H24N2O. The zero-order valence-electron chi connectivity index (χ0n) is 12.1. The summed E-state index contributed by atoms with van der Waals surface area (Å²) in [5.74, 6) is 0.180. The lowest BCUT2D eigenvalue weighted by atomic mass is 9.93. The largest absolute Gasteiger partial charge is 0.325 e. The van der Waals surface area contributed by atoms with E-state index in [1.807, 2.05) is 30.3 Å². The number of likely N-dealkylation sites (tertiary alicyclic amines) is 1. The van der Waals surface area contributed by atoms with Gasteiger partial charge in [0.1, 0.15) is 0 Å². The van der Waals surface area contributed by atoms with Gasteiger partial charge in [0.25, 0.3) is 0 Å². The van der Waals surface area contributed by atoms with Crippen LogP contribution in [0.4, 0.5) is 5.69 Å². The van der Waals surface area contributed by atoms with Crippen molar-refractivity contribution >= 4 is 11.6 Å². The SMILES string of the molecule is O=C(Nc1ccccc1)C1CCCN1C1CCCCC1.